The molecule has 8 nitrogen and oxygen atoms in total. The van der Waals surface area contributed by atoms with Crippen LogP contribution >= 0.6 is 22.6 Å². The zero-order valence-corrected chi connectivity index (χ0v) is 25.4. The number of methoxy groups -OCH3 is 1. The van der Waals surface area contributed by atoms with Gasteiger partial charge in [-0.25, -0.2) is 0 Å². The van der Waals surface area contributed by atoms with Gasteiger partial charge < -0.3 is 24.8 Å². The van der Waals surface area contributed by atoms with Gasteiger partial charge in [0.15, 0.2) is 17.3 Å². The van der Waals surface area contributed by atoms with E-state index in [1.165, 1.54) is 0 Å². The number of Topliss-reactive ketones (excluding diaryl/α,β-unsaturated/α-hetero) is 1. The van der Waals surface area contributed by atoms with Crippen LogP contribution in [0.5, 0.6) is 11.5 Å². The Labute approximate surface area is 249 Å². The number of carbonyl (C=O) groups excluding carboxylic acids is 1. The Balaban J connectivity index is 1.82. The lowest BCUT2D eigenvalue weighted by Gasteiger charge is -2.43. The van der Waals surface area contributed by atoms with Crippen LogP contribution in [0.3, 0.4) is 0 Å². The second kappa shape index (κ2) is 12.3. The maximum absolute atomic E-state index is 13.7. The van der Waals surface area contributed by atoms with Crippen LogP contribution in [-0.4, -0.2) is 37.6 Å². The molecule has 40 heavy (non-hydrogen) atoms. The molecule has 9 heteroatoms. The number of nitriles is 2. The standard InChI is InChI=1S/C31H33IN4O4/c1-5-39-26-13-21(12-23(32)29(26)40-18-20-9-7-6-8-19(20)16-33)27-22(17-34)30(35)36(10-11-38-4)24-14-31(2,3)15-25(37)28(24)27/h6-9,12-13,27H,5,10-11,14-15,18,35H2,1-4H3/t27-/m0/s1. The molecule has 0 aromatic heterocycles. The maximum Gasteiger partial charge on any atom is 0.174 e. The average molecular weight is 653 g/mol. The van der Waals surface area contributed by atoms with Crippen molar-refractivity contribution in [3.8, 4) is 23.6 Å². The quantitative estimate of drug-likeness (QED) is 0.352. The summed E-state index contributed by atoms with van der Waals surface area (Å²) in [5, 5.41) is 19.8. The fourth-order valence-corrected chi connectivity index (χ4v) is 6.19. The highest BCUT2D eigenvalue weighted by Gasteiger charge is 2.44. The minimum Gasteiger partial charge on any atom is -0.490 e. The molecule has 0 unspecified atom stereocenters. The monoisotopic (exact) mass is 652 g/mol. The molecule has 1 heterocycles. The summed E-state index contributed by atoms with van der Waals surface area (Å²) in [6.07, 6.45) is 1.04. The van der Waals surface area contributed by atoms with Crippen LogP contribution in [0.15, 0.2) is 59.1 Å². The van der Waals surface area contributed by atoms with Crippen LogP contribution < -0.4 is 15.2 Å². The van der Waals surface area contributed by atoms with E-state index in [4.69, 9.17) is 19.9 Å². The number of rotatable bonds is 9. The summed E-state index contributed by atoms with van der Waals surface area (Å²) in [6.45, 7) is 7.47. The molecule has 0 bridgehead atoms. The highest BCUT2D eigenvalue weighted by Crippen LogP contribution is 2.50. The molecule has 2 aromatic rings. The van der Waals surface area contributed by atoms with Gasteiger partial charge in [-0.2, -0.15) is 10.5 Å². The van der Waals surface area contributed by atoms with Gasteiger partial charge in [-0.15, -0.1) is 0 Å². The smallest absolute Gasteiger partial charge is 0.174 e. The Morgan fingerprint density at radius 2 is 1.90 bits per heavy atom. The number of allylic oxidation sites excluding steroid dienone is 3. The van der Waals surface area contributed by atoms with Gasteiger partial charge in [-0.1, -0.05) is 32.0 Å². The molecule has 1 atom stereocenters. The Kier molecular flexibility index (Phi) is 9.07. The molecule has 0 amide bonds. The minimum atomic E-state index is -0.622. The van der Waals surface area contributed by atoms with Gasteiger partial charge >= 0.3 is 0 Å². The van der Waals surface area contributed by atoms with E-state index in [0.717, 1.165) is 20.4 Å². The first-order chi connectivity index (χ1) is 19.1. The fourth-order valence-electron chi connectivity index (χ4n) is 5.41. The zero-order valence-electron chi connectivity index (χ0n) is 23.2. The number of nitrogens with two attached hydrogens (primary N) is 1. The van der Waals surface area contributed by atoms with E-state index in [0.29, 0.717) is 66.6 Å². The normalized spacial score (nSPS) is 18.2. The summed E-state index contributed by atoms with van der Waals surface area (Å²) in [5.74, 6) is 0.776. The summed E-state index contributed by atoms with van der Waals surface area (Å²) in [7, 11) is 1.61. The van der Waals surface area contributed by atoms with Gasteiger partial charge in [-0.3, -0.25) is 4.79 Å². The lowest BCUT2D eigenvalue weighted by Crippen LogP contribution is -2.43. The molecule has 2 aliphatic rings. The number of ketones is 1. The summed E-state index contributed by atoms with van der Waals surface area (Å²) in [4.78, 5) is 15.6. The molecule has 0 saturated carbocycles. The highest BCUT2D eigenvalue weighted by atomic mass is 127. The van der Waals surface area contributed by atoms with Crippen molar-refractivity contribution in [3.05, 3.63) is 79.3 Å². The third-order valence-electron chi connectivity index (χ3n) is 7.18. The number of ether oxygens (including phenoxy) is 3. The van der Waals surface area contributed by atoms with Crippen molar-refractivity contribution in [1.82, 2.24) is 4.90 Å². The number of nitrogens with zero attached hydrogens (tertiary/aromatic N) is 3. The Morgan fingerprint density at radius 3 is 2.58 bits per heavy atom. The van der Waals surface area contributed by atoms with E-state index in [1.54, 1.807) is 13.2 Å². The first kappa shape index (κ1) is 29.4. The second-order valence-electron chi connectivity index (χ2n) is 10.6. The van der Waals surface area contributed by atoms with Crippen LogP contribution in [0.2, 0.25) is 0 Å². The highest BCUT2D eigenvalue weighted by molar-refractivity contribution is 14.1. The van der Waals surface area contributed by atoms with E-state index in [2.05, 4.69) is 48.6 Å². The zero-order chi connectivity index (χ0) is 29.0. The molecule has 1 aliphatic heterocycles. The van der Waals surface area contributed by atoms with Gasteiger partial charge in [0, 0.05) is 36.9 Å². The largest absolute Gasteiger partial charge is 0.490 e. The van der Waals surface area contributed by atoms with Crippen molar-refractivity contribution in [2.75, 3.05) is 26.9 Å². The van der Waals surface area contributed by atoms with Crippen molar-refractivity contribution in [1.29, 1.82) is 10.5 Å². The third kappa shape index (κ3) is 5.81. The van der Waals surface area contributed by atoms with Gasteiger partial charge in [0.05, 0.1) is 46.0 Å². The molecule has 2 aromatic carbocycles. The van der Waals surface area contributed by atoms with Crippen LogP contribution in [0.4, 0.5) is 0 Å². The van der Waals surface area contributed by atoms with Crippen molar-refractivity contribution in [3.63, 3.8) is 0 Å². The van der Waals surface area contributed by atoms with Gasteiger partial charge in [0.25, 0.3) is 0 Å². The minimum absolute atomic E-state index is 0.0142. The second-order valence-corrected chi connectivity index (χ2v) is 11.8. The van der Waals surface area contributed by atoms with Crippen LogP contribution in [0.1, 0.15) is 56.2 Å². The van der Waals surface area contributed by atoms with Crippen LogP contribution in [0, 0.1) is 31.6 Å². The topological polar surface area (TPSA) is 122 Å². The summed E-state index contributed by atoms with van der Waals surface area (Å²) < 4.78 is 18.3. The first-order valence-electron chi connectivity index (χ1n) is 13.1. The predicted octanol–water partition coefficient (Wildman–Crippen LogP) is 5.52. The number of hydrogen-bond acceptors (Lipinski definition) is 8. The molecule has 0 saturated heterocycles. The SMILES string of the molecule is CCOc1cc([C@H]2C(C#N)=C(N)N(CCOC)C3=C2C(=O)CC(C)(C)C3)cc(I)c1OCc1ccccc1C#N. The van der Waals surface area contributed by atoms with Gasteiger partial charge in [0.1, 0.15) is 12.4 Å². The molecule has 208 valence electrons. The third-order valence-corrected chi connectivity index (χ3v) is 7.98. The first-order valence-corrected chi connectivity index (χ1v) is 14.2. The predicted molar refractivity (Wildman–Crippen MR) is 159 cm³/mol. The molecule has 0 radical (unpaired) electrons. The van der Waals surface area contributed by atoms with E-state index in [9.17, 15) is 15.3 Å². The van der Waals surface area contributed by atoms with E-state index >= 15 is 0 Å². The number of hydrogen-bond donors (Lipinski definition) is 1. The summed E-state index contributed by atoms with van der Waals surface area (Å²) in [5.41, 5.74) is 10.2. The fraction of sp³-hybridized carbons (Fsp3) is 0.387. The molecular formula is C31H33IN4O4. The Morgan fingerprint density at radius 1 is 1.15 bits per heavy atom. The van der Waals surface area contributed by atoms with Crippen LogP contribution in [-0.2, 0) is 16.1 Å². The molecule has 2 N–H and O–H groups in total. The Hall–Kier alpha value is -3.54. The Bertz CT molecular complexity index is 1460. The average Bonchev–Trinajstić information content (AvgIpc) is 2.91. The number of benzene rings is 2. The molecule has 0 spiro atoms. The lowest BCUT2D eigenvalue weighted by molar-refractivity contribution is -0.118. The lowest BCUT2D eigenvalue weighted by atomic mass is 9.68. The molecule has 0 fully saturated rings. The molecule has 4 rings (SSSR count). The van der Waals surface area contributed by atoms with Crippen molar-refractivity contribution < 1.29 is 19.0 Å². The molecular weight excluding hydrogens is 619 g/mol. The maximum atomic E-state index is 13.7. The van der Waals surface area contributed by atoms with E-state index in [1.807, 2.05) is 42.2 Å². The summed E-state index contributed by atoms with van der Waals surface area (Å²) in [6, 6.07) is 15.6. The van der Waals surface area contributed by atoms with E-state index in [-0.39, 0.29) is 17.8 Å². The van der Waals surface area contributed by atoms with Gasteiger partial charge in [-0.05, 0) is 65.1 Å². The molecule has 1 aliphatic carbocycles. The number of carbonyl (C=O) groups is 1. The summed E-state index contributed by atoms with van der Waals surface area (Å²) >= 11 is 2.19. The van der Waals surface area contributed by atoms with Crippen molar-refractivity contribution >= 4 is 28.4 Å². The van der Waals surface area contributed by atoms with E-state index < -0.39 is 5.92 Å². The van der Waals surface area contributed by atoms with Crippen LogP contribution in [0.25, 0.3) is 0 Å². The van der Waals surface area contributed by atoms with Gasteiger partial charge in [0.2, 0.25) is 0 Å². The van der Waals surface area contributed by atoms with Crippen molar-refractivity contribution in [2.45, 2.75) is 46.1 Å². The van der Waals surface area contributed by atoms with Crippen molar-refractivity contribution in [2.24, 2.45) is 11.1 Å². The number of halogens is 1.